The highest BCUT2D eigenvalue weighted by atomic mass is 16.5. The van der Waals surface area contributed by atoms with E-state index in [-0.39, 0.29) is 0 Å². The molecule has 5 nitrogen and oxygen atoms in total. The predicted molar refractivity (Wildman–Crippen MR) is 61.7 cm³/mol. The summed E-state index contributed by atoms with van der Waals surface area (Å²) in [4.78, 5) is 0. The van der Waals surface area contributed by atoms with Gasteiger partial charge in [-0.15, -0.1) is 0 Å². The highest BCUT2D eigenvalue weighted by Crippen LogP contribution is 2.31. The van der Waals surface area contributed by atoms with Gasteiger partial charge in [-0.1, -0.05) is 17.3 Å². The van der Waals surface area contributed by atoms with Crippen molar-refractivity contribution < 1.29 is 14.0 Å². The molecule has 90 valence electrons. The molecule has 0 aliphatic rings. The Hall–Kier alpha value is -2.01. The van der Waals surface area contributed by atoms with E-state index in [1.165, 1.54) is 0 Å². The molecule has 0 fully saturated rings. The first-order chi connectivity index (χ1) is 8.35. The zero-order chi connectivity index (χ0) is 12.1. The second-order valence-corrected chi connectivity index (χ2v) is 3.42. The number of hydrogen-bond acceptors (Lipinski definition) is 5. The van der Waals surface area contributed by atoms with E-state index in [1.54, 1.807) is 19.4 Å². The monoisotopic (exact) mass is 234 g/mol. The van der Waals surface area contributed by atoms with Gasteiger partial charge in [0, 0.05) is 18.2 Å². The van der Waals surface area contributed by atoms with Crippen molar-refractivity contribution in [1.29, 1.82) is 0 Å². The average Bonchev–Trinajstić information content (AvgIpc) is 2.88. The lowest BCUT2D eigenvalue weighted by atomic mass is 10.2. The van der Waals surface area contributed by atoms with Crippen molar-refractivity contribution in [2.75, 3.05) is 7.11 Å². The summed E-state index contributed by atoms with van der Waals surface area (Å²) in [5.41, 5.74) is 6.54. The van der Waals surface area contributed by atoms with Crippen LogP contribution in [-0.4, -0.2) is 12.3 Å². The van der Waals surface area contributed by atoms with Gasteiger partial charge < -0.3 is 19.7 Å². The van der Waals surface area contributed by atoms with Gasteiger partial charge in [0.05, 0.1) is 13.3 Å². The van der Waals surface area contributed by atoms with Crippen LogP contribution in [0.25, 0.3) is 0 Å². The Labute approximate surface area is 99.1 Å². The third kappa shape index (κ3) is 2.57. The normalized spacial score (nSPS) is 10.2. The Balaban J connectivity index is 2.18. The molecule has 2 rings (SSSR count). The van der Waals surface area contributed by atoms with E-state index in [9.17, 15) is 0 Å². The molecule has 5 heteroatoms. The topological polar surface area (TPSA) is 70.5 Å². The SMILES string of the molecule is COc1cccc(CN)c1OCc1ccno1. The maximum absolute atomic E-state index is 5.66. The summed E-state index contributed by atoms with van der Waals surface area (Å²) in [6.45, 7) is 0.691. The Morgan fingerprint density at radius 2 is 2.24 bits per heavy atom. The van der Waals surface area contributed by atoms with Gasteiger partial charge in [0.25, 0.3) is 0 Å². The largest absolute Gasteiger partial charge is 0.493 e. The van der Waals surface area contributed by atoms with Crippen LogP contribution in [0.5, 0.6) is 11.5 Å². The first-order valence-corrected chi connectivity index (χ1v) is 5.23. The molecule has 0 aliphatic heterocycles. The summed E-state index contributed by atoms with van der Waals surface area (Å²) in [6, 6.07) is 7.35. The van der Waals surface area contributed by atoms with Crippen LogP contribution in [0, 0.1) is 0 Å². The molecule has 1 aromatic carbocycles. The molecular weight excluding hydrogens is 220 g/mol. The van der Waals surface area contributed by atoms with E-state index in [1.807, 2.05) is 18.2 Å². The third-order valence-corrected chi connectivity index (χ3v) is 2.35. The molecular formula is C12H14N2O3. The zero-order valence-corrected chi connectivity index (χ0v) is 9.55. The molecule has 2 aromatic rings. The van der Waals surface area contributed by atoms with Crippen molar-refractivity contribution in [1.82, 2.24) is 5.16 Å². The van der Waals surface area contributed by atoms with Gasteiger partial charge in [0.1, 0.15) is 6.61 Å². The minimum absolute atomic E-state index is 0.299. The quantitative estimate of drug-likeness (QED) is 0.852. The van der Waals surface area contributed by atoms with Crippen LogP contribution >= 0.6 is 0 Å². The van der Waals surface area contributed by atoms with Gasteiger partial charge in [0.2, 0.25) is 0 Å². The second kappa shape index (κ2) is 5.36. The molecule has 1 aromatic heterocycles. The van der Waals surface area contributed by atoms with Crippen LogP contribution in [0.15, 0.2) is 35.0 Å². The smallest absolute Gasteiger partial charge is 0.174 e. The number of methoxy groups -OCH3 is 1. The van der Waals surface area contributed by atoms with E-state index >= 15 is 0 Å². The lowest BCUT2D eigenvalue weighted by molar-refractivity contribution is 0.237. The summed E-state index contributed by atoms with van der Waals surface area (Å²) in [7, 11) is 1.59. The first-order valence-electron chi connectivity index (χ1n) is 5.23. The molecule has 0 saturated heterocycles. The molecule has 0 amide bonds. The molecule has 0 spiro atoms. The van der Waals surface area contributed by atoms with E-state index in [4.69, 9.17) is 19.7 Å². The highest BCUT2D eigenvalue weighted by molar-refractivity contribution is 5.46. The van der Waals surface area contributed by atoms with Crippen LogP contribution in [0.1, 0.15) is 11.3 Å². The van der Waals surface area contributed by atoms with E-state index < -0.39 is 0 Å². The second-order valence-electron chi connectivity index (χ2n) is 3.42. The van der Waals surface area contributed by atoms with Gasteiger partial charge in [-0.2, -0.15) is 0 Å². The number of nitrogens with two attached hydrogens (primary N) is 1. The van der Waals surface area contributed by atoms with Crippen LogP contribution in [0.4, 0.5) is 0 Å². The van der Waals surface area contributed by atoms with Crippen molar-refractivity contribution >= 4 is 0 Å². The number of aromatic nitrogens is 1. The fourth-order valence-corrected chi connectivity index (χ4v) is 1.51. The highest BCUT2D eigenvalue weighted by Gasteiger charge is 2.10. The molecule has 0 bridgehead atoms. The van der Waals surface area contributed by atoms with Gasteiger partial charge in [-0.05, 0) is 6.07 Å². The summed E-state index contributed by atoms with van der Waals surface area (Å²) in [5, 5.41) is 3.61. The maximum atomic E-state index is 5.66. The summed E-state index contributed by atoms with van der Waals surface area (Å²) < 4.78 is 15.8. The average molecular weight is 234 g/mol. The molecule has 0 unspecified atom stereocenters. The van der Waals surface area contributed by atoms with Crippen LogP contribution < -0.4 is 15.2 Å². The number of hydrogen-bond donors (Lipinski definition) is 1. The minimum Gasteiger partial charge on any atom is -0.493 e. The van der Waals surface area contributed by atoms with Crippen LogP contribution in [-0.2, 0) is 13.2 Å². The van der Waals surface area contributed by atoms with Crippen molar-refractivity contribution in [2.24, 2.45) is 5.73 Å². The molecule has 17 heavy (non-hydrogen) atoms. The summed E-state index contributed by atoms with van der Waals surface area (Å²) in [6.07, 6.45) is 1.57. The Morgan fingerprint density at radius 1 is 1.35 bits per heavy atom. The van der Waals surface area contributed by atoms with Gasteiger partial charge >= 0.3 is 0 Å². The third-order valence-electron chi connectivity index (χ3n) is 2.35. The van der Waals surface area contributed by atoms with E-state index in [0.29, 0.717) is 30.4 Å². The lowest BCUT2D eigenvalue weighted by Gasteiger charge is -2.12. The van der Waals surface area contributed by atoms with Crippen LogP contribution in [0.3, 0.4) is 0 Å². The number of ether oxygens (including phenoxy) is 2. The Kier molecular flexibility index (Phi) is 3.62. The van der Waals surface area contributed by atoms with Gasteiger partial charge in [-0.3, -0.25) is 0 Å². The zero-order valence-electron chi connectivity index (χ0n) is 9.55. The number of benzene rings is 1. The molecule has 0 aliphatic carbocycles. The first kappa shape index (κ1) is 11.5. The van der Waals surface area contributed by atoms with Gasteiger partial charge in [-0.25, -0.2) is 0 Å². The fourth-order valence-electron chi connectivity index (χ4n) is 1.51. The lowest BCUT2D eigenvalue weighted by Crippen LogP contribution is -2.04. The number of rotatable bonds is 5. The van der Waals surface area contributed by atoms with Crippen molar-refractivity contribution in [3.63, 3.8) is 0 Å². The Morgan fingerprint density at radius 3 is 2.88 bits per heavy atom. The van der Waals surface area contributed by atoms with Crippen molar-refractivity contribution in [3.05, 3.63) is 41.8 Å². The van der Waals surface area contributed by atoms with Crippen molar-refractivity contribution in [3.8, 4) is 11.5 Å². The van der Waals surface area contributed by atoms with Gasteiger partial charge in [0.15, 0.2) is 17.3 Å². The predicted octanol–water partition coefficient (Wildman–Crippen LogP) is 1.72. The fraction of sp³-hybridized carbons (Fsp3) is 0.250. The van der Waals surface area contributed by atoms with E-state index in [0.717, 1.165) is 5.56 Å². The molecule has 1 heterocycles. The molecule has 0 saturated carbocycles. The molecule has 0 radical (unpaired) electrons. The standard InChI is InChI=1S/C12H14N2O3/c1-15-11-4-2-3-9(7-13)12(11)16-8-10-5-6-14-17-10/h2-6H,7-8,13H2,1H3. The number of nitrogens with zero attached hydrogens (tertiary/aromatic N) is 1. The van der Waals surface area contributed by atoms with Crippen molar-refractivity contribution in [2.45, 2.75) is 13.2 Å². The number of para-hydroxylation sites is 1. The minimum atomic E-state index is 0.299. The maximum Gasteiger partial charge on any atom is 0.174 e. The van der Waals surface area contributed by atoms with Crippen LogP contribution in [0.2, 0.25) is 0 Å². The molecule has 2 N–H and O–H groups in total. The summed E-state index contributed by atoms with van der Waals surface area (Å²) in [5.74, 6) is 1.96. The Bertz CT molecular complexity index is 446. The summed E-state index contributed by atoms with van der Waals surface area (Å²) >= 11 is 0. The van der Waals surface area contributed by atoms with E-state index in [2.05, 4.69) is 5.16 Å². The molecule has 0 atom stereocenters.